The Kier molecular flexibility index (Phi) is 16.8. The number of rotatable bonds is 20. The molecule has 2 N–H and O–H groups in total. The molecule has 0 aromatic heterocycles. The van der Waals surface area contributed by atoms with Crippen LogP contribution in [0.4, 0.5) is 0 Å². The van der Waals surface area contributed by atoms with E-state index in [0.717, 1.165) is 77.0 Å². The van der Waals surface area contributed by atoms with Crippen molar-refractivity contribution in [1.29, 1.82) is 0 Å². The van der Waals surface area contributed by atoms with Crippen molar-refractivity contribution in [1.82, 2.24) is 0 Å². The first-order chi connectivity index (χ1) is 13.0. The highest BCUT2D eigenvalue weighted by Crippen LogP contribution is 2.24. The highest BCUT2D eigenvalue weighted by molar-refractivity contribution is 5.73. The fourth-order valence-corrected chi connectivity index (χ4v) is 3.45. The van der Waals surface area contributed by atoms with Crippen molar-refractivity contribution >= 4 is 11.9 Å². The van der Waals surface area contributed by atoms with E-state index in [0.29, 0.717) is 12.8 Å². The zero-order chi connectivity index (χ0) is 20.3. The van der Waals surface area contributed by atoms with Crippen LogP contribution >= 0.6 is 0 Å². The maximum Gasteiger partial charge on any atom is 0.306 e. The number of aliphatic carboxylic acids is 2. The number of unbranched alkanes of at least 4 members (excludes halogenated alkanes) is 10. The van der Waals surface area contributed by atoms with E-state index in [1.165, 1.54) is 0 Å². The minimum atomic E-state index is -0.850. The lowest BCUT2D eigenvalue weighted by Gasteiger charge is -2.18. The van der Waals surface area contributed by atoms with Gasteiger partial charge >= 0.3 is 11.9 Å². The van der Waals surface area contributed by atoms with Crippen LogP contribution in [0.25, 0.3) is 0 Å². The Hall–Kier alpha value is -1.58. The van der Waals surface area contributed by atoms with E-state index in [4.69, 9.17) is 0 Å². The molecule has 27 heavy (non-hydrogen) atoms. The van der Waals surface area contributed by atoms with Gasteiger partial charge in [0.05, 0.1) is 11.8 Å². The van der Waals surface area contributed by atoms with Crippen molar-refractivity contribution < 1.29 is 19.8 Å². The third kappa shape index (κ3) is 15.2. The lowest BCUT2D eigenvalue weighted by molar-refractivity contribution is -0.146. The topological polar surface area (TPSA) is 74.6 Å². The average molecular weight is 381 g/mol. The molecule has 0 saturated heterocycles. The van der Waals surface area contributed by atoms with E-state index >= 15 is 0 Å². The third-order valence-corrected chi connectivity index (χ3v) is 5.19. The normalized spacial score (nSPS) is 13.0. The highest BCUT2D eigenvalue weighted by Gasteiger charge is 2.26. The predicted molar refractivity (Wildman–Crippen MR) is 112 cm³/mol. The summed E-state index contributed by atoms with van der Waals surface area (Å²) in [5, 5.41) is 18.9. The van der Waals surface area contributed by atoms with Gasteiger partial charge < -0.3 is 10.2 Å². The van der Waals surface area contributed by atoms with E-state index < -0.39 is 23.8 Å². The molecular formula is C23H40O4. The first kappa shape index (κ1) is 25.4. The average Bonchev–Trinajstić information content (AvgIpc) is 2.63. The number of allylic oxidation sites excluding steroid dienone is 2. The maximum atomic E-state index is 11.5. The minimum absolute atomic E-state index is 0.262. The lowest BCUT2D eigenvalue weighted by atomic mass is 9.87. The summed E-state index contributed by atoms with van der Waals surface area (Å²) in [6.45, 7) is 7.41. The smallest absolute Gasteiger partial charge is 0.306 e. The number of hydrogen-bond acceptors (Lipinski definition) is 2. The molecule has 2 unspecified atom stereocenters. The van der Waals surface area contributed by atoms with E-state index in [9.17, 15) is 19.8 Å². The summed E-state index contributed by atoms with van der Waals surface area (Å²) in [5.41, 5.74) is 0. The van der Waals surface area contributed by atoms with Crippen LogP contribution in [-0.2, 0) is 9.59 Å². The zero-order valence-corrected chi connectivity index (χ0v) is 17.0. The number of carboxylic acids is 2. The molecule has 0 aromatic rings. The Labute approximate surface area is 165 Å². The molecule has 0 bridgehead atoms. The van der Waals surface area contributed by atoms with Gasteiger partial charge in [0.25, 0.3) is 0 Å². The molecule has 0 aliphatic carbocycles. The first-order valence-electron chi connectivity index (χ1n) is 10.7. The molecular weight excluding hydrogens is 340 g/mol. The number of carbonyl (C=O) groups is 2. The van der Waals surface area contributed by atoms with Crippen LogP contribution < -0.4 is 0 Å². The van der Waals surface area contributed by atoms with Crippen LogP contribution in [-0.4, -0.2) is 22.2 Å². The Balaban J connectivity index is 4.11. The summed E-state index contributed by atoms with van der Waals surface area (Å²) in [6, 6.07) is 0. The quantitative estimate of drug-likeness (QED) is 0.184. The molecule has 4 nitrogen and oxygen atoms in total. The number of hydrogen-bond donors (Lipinski definition) is 2. The zero-order valence-electron chi connectivity index (χ0n) is 17.0. The minimum Gasteiger partial charge on any atom is -0.481 e. The summed E-state index contributed by atoms with van der Waals surface area (Å²) < 4.78 is 0. The second kappa shape index (κ2) is 17.8. The second-order valence-electron chi connectivity index (χ2n) is 7.57. The maximum absolute atomic E-state index is 11.5. The molecule has 0 rings (SSSR count). The lowest BCUT2D eigenvalue weighted by Crippen LogP contribution is -2.23. The largest absolute Gasteiger partial charge is 0.481 e. The number of carboxylic acid groups (broad SMARTS) is 2. The summed E-state index contributed by atoms with van der Waals surface area (Å²) in [5.74, 6) is -2.77. The van der Waals surface area contributed by atoms with Crippen LogP contribution in [0.1, 0.15) is 96.3 Å². The fourth-order valence-electron chi connectivity index (χ4n) is 3.45. The van der Waals surface area contributed by atoms with Gasteiger partial charge in [-0.05, 0) is 44.9 Å². The van der Waals surface area contributed by atoms with E-state index in [1.54, 1.807) is 0 Å². The second-order valence-corrected chi connectivity index (χ2v) is 7.57. The van der Waals surface area contributed by atoms with Gasteiger partial charge in [-0.3, -0.25) is 9.59 Å². The molecule has 0 aliphatic heterocycles. The summed E-state index contributed by atoms with van der Waals surface area (Å²) in [6.07, 6.45) is 17.9. The van der Waals surface area contributed by atoms with Crippen LogP contribution in [0.15, 0.2) is 25.3 Å². The molecule has 4 heteroatoms. The summed E-state index contributed by atoms with van der Waals surface area (Å²) in [7, 11) is 0. The van der Waals surface area contributed by atoms with Crippen LogP contribution in [0.2, 0.25) is 0 Å². The molecule has 2 atom stereocenters. The van der Waals surface area contributed by atoms with Gasteiger partial charge in [-0.1, -0.05) is 63.5 Å². The molecule has 156 valence electrons. The van der Waals surface area contributed by atoms with Crippen LogP contribution in [0.3, 0.4) is 0 Å². The van der Waals surface area contributed by atoms with Gasteiger partial charge in [-0.25, -0.2) is 0 Å². The molecule has 0 fully saturated rings. The standard InChI is InChI=1S/C23H40O4/c1-3-5-7-9-11-13-15-17-20(22(24)25)19-21(23(26)27)18-16-14-12-10-8-6-4-2/h3-4,20-21H,1-2,5-19H2,(H,24,25)(H,26,27). The monoisotopic (exact) mass is 380 g/mol. The van der Waals surface area contributed by atoms with Crippen molar-refractivity contribution in [2.75, 3.05) is 0 Å². The Morgan fingerprint density at radius 2 is 0.963 bits per heavy atom. The van der Waals surface area contributed by atoms with Gasteiger partial charge in [0, 0.05) is 0 Å². The molecule has 0 radical (unpaired) electrons. The van der Waals surface area contributed by atoms with Crippen molar-refractivity contribution in [3.63, 3.8) is 0 Å². The SMILES string of the molecule is C=CCCCCCCCC(CC(CCCCCCCC=C)C(=O)O)C(=O)O. The van der Waals surface area contributed by atoms with E-state index in [1.807, 2.05) is 12.2 Å². The van der Waals surface area contributed by atoms with Gasteiger partial charge in [0.15, 0.2) is 0 Å². The van der Waals surface area contributed by atoms with Crippen molar-refractivity contribution in [2.45, 2.75) is 96.3 Å². The molecule has 0 heterocycles. The Morgan fingerprint density at radius 3 is 1.30 bits per heavy atom. The van der Waals surface area contributed by atoms with Gasteiger partial charge in [-0.2, -0.15) is 0 Å². The summed E-state index contributed by atoms with van der Waals surface area (Å²) >= 11 is 0. The van der Waals surface area contributed by atoms with E-state index in [-0.39, 0.29) is 6.42 Å². The fraction of sp³-hybridized carbons (Fsp3) is 0.739. The van der Waals surface area contributed by atoms with Crippen molar-refractivity contribution in [3.8, 4) is 0 Å². The first-order valence-corrected chi connectivity index (χ1v) is 10.7. The highest BCUT2D eigenvalue weighted by atomic mass is 16.4. The Bertz CT molecular complexity index is 379. The third-order valence-electron chi connectivity index (χ3n) is 5.19. The van der Waals surface area contributed by atoms with Crippen LogP contribution in [0.5, 0.6) is 0 Å². The molecule has 0 spiro atoms. The van der Waals surface area contributed by atoms with Gasteiger partial charge in [-0.15, -0.1) is 13.2 Å². The van der Waals surface area contributed by atoms with Gasteiger partial charge in [0.1, 0.15) is 0 Å². The molecule has 0 aromatic carbocycles. The molecule has 0 saturated carbocycles. The van der Waals surface area contributed by atoms with Crippen LogP contribution in [0, 0.1) is 11.8 Å². The summed E-state index contributed by atoms with van der Waals surface area (Å²) in [4.78, 5) is 23.1. The molecule has 0 amide bonds. The van der Waals surface area contributed by atoms with E-state index in [2.05, 4.69) is 13.2 Å². The van der Waals surface area contributed by atoms with Crippen molar-refractivity contribution in [2.24, 2.45) is 11.8 Å². The van der Waals surface area contributed by atoms with Crippen molar-refractivity contribution in [3.05, 3.63) is 25.3 Å². The Morgan fingerprint density at radius 1 is 0.630 bits per heavy atom. The predicted octanol–water partition coefficient (Wildman–Crippen LogP) is 6.61. The molecule has 0 aliphatic rings. The van der Waals surface area contributed by atoms with Gasteiger partial charge in [0.2, 0.25) is 0 Å².